The number of hydrogen-bond acceptors (Lipinski definition) is 2. The van der Waals surface area contributed by atoms with Crippen LogP contribution in [0.1, 0.15) is 59.3 Å². The van der Waals surface area contributed by atoms with Crippen molar-refractivity contribution in [1.29, 1.82) is 0 Å². The van der Waals surface area contributed by atoms with Gasteiger partial charge in [-0.3, -0.25) is 4.79 Å². The second kappa shape index (κ2) is 9.65. The van der Waals surface area contributed by atoms with Crippen molar-refractivity contribution in [3.05, 3.63) is 24.4 Å². The molecule has 0 aliphatic heterocycles. The van der Waals surface area contributed by atoms with Crippen LogP contribution in [0.2, 0.25) is 0 Å². The quantitative estimate of drug-likeness (QED) is 0.562. The Labute approximate surface area is 118 Å². The maximum atomic E-state index is 11.1. The lowest BCUT2D eigenvalue weighted by Gasteiger charge is -2.24. The van der Waals surface area contributed by atoms with Crippen LogP contribution in [-0.2, 0) is 4.79 Å². The minimum atomic E-state index is -0.452. The van der Waals surface area contributed by atoms with Gasteiger partial charge in [0.1, 0.15) is 0 Å². The number of rotatable bonds is 11. The molecule has 1 amide bonds. The highest BCUT2D eigenvalue weighted by Gasteiger charge is 2.17. The molecule has 0 heterocycles. The molecule has 3 nitrogen and oxygen atoms in total. The summed E-state index contributed by atoms with van der Waals surface area (Å²) in [5.74, 6) is 0.0227. The molecule has 0 aromatic heterocycles. The van der Waals surface area contributed by atoms with E-state index < -0.39 is 5.91 Å². The minimum absolute atomic E-state index is 0.143. The first-order valence-electron chi connectivity index (χ1n) is 7.37. The van der Waals surface area contributed by atoms with Crippen molar-refractivity contribution in [1.82, 2.24) is 5.32 Å². The molecule has 3 N–H and O–H groups in total. The fourth-order valence-electron chi connectivity index (χ4n) is 2.09. The fraction of sp³-hybridized carbons (Fsp3) is 0.688. The maximum Gasteiger partial charge on any atom is 0.246 e. The summed E-state index contributed by atoms with van der Waals surface area (Å²) in [7, 11) is 0. The lowest BCUT2D eigenvalue weighted by Crippen LogP contribution is -2.34. The molecule has 1 unspecified atom stereocenters. The summed E-state index contributed by atoms with van der Waals surface area (Å²) in [4.78, 5) is 11.1. The van der Waals surface area contributed by atoms with Crippen LogP contribution in [0.3, 0.4) is 0 Å². The van der Waals surface area contributed by atoms with Gasteiger partial charge in [0.05, 0.1) is 6.04 Å². The van der Waals surface area contributed by atoms with Crippen LogP contribution in [0.4, 0.5) is 0 Å². The molecule has 19 heavy (non-hydrogen) atoms. The van der Waals surface area contributed by atoms with Gasteiger partial charge in [-0.1, -0.05) is 52.7 Å². The maximum absolute atomic E-state index is 11.1. The van der Waals surface area contributed by atoms with Crippen LogP contribution in [0.25, 0.3) is 0 Å². The van der Waals surface area contributed by atoms with Crippen molar-refractivity contribution >= 4 is 5.91 Å². The zero-order chi connectivity index (χ0) is 14.8. The number of nitrogens with one attached hydrogen (secondary N) is 1. The van der Waals surface area contributed by atoms with Crippen LogP contribution in [-0.4, -0.2) is 11.9 Å². The van der Waals surface area contributed by atoms with Gasteiger partial charge in [-0.05, 0) is 25.7 Å². The van der Waals surface area contributed by atoms with E-state index in [-0.39, 0.29) is 6.04 Å². The molecule has 0 radical (unpaired) electrons. The zero-order valence-electron chi connectivity index (χ0n) is 12.8. The lowest BCUT2D eigenvalue weighted by molar-refractivity contribution is -0.114. The van der Waals surface area contributed by atoms with Gasteiger partial charge in [0, 0.05) is 11.3 Å². The highest BCUT2D eigenvalue weighted by atomic mass is 16.1. The Balaban J connectivity index is 4.44. The molecule has 3 heteroatoms. The average Bonchev–Trinajstić information content (AvgIpc) is 2.37. The number of unbranched alkanes of at least 4 members (excludes halogenated alkanes) is 2. The number of amides is 1. The molecule has 0 aliphatic rings. The predicted octanol–water partition coefficient (Wildman–Crippen LogP) is 3.52. The normalized spacial score (nSPS) is 12.2. The van der Waals surface area contributed by atoms with Gasteiger partial charge in [-0.25, -0.2) is 0 Å². The van der Waals surface area contributed by atoms with Crippen molar-refractivity contribution in [3.8, 4) is 0 Å². The molecule has 110 valence electrons. The Morgan fingerprint density at radius 3 is 2.00 bits per heavy atom. The Hall–Kier alpha value is -1.25. The molecule has 0 aromatic rings. The van der Waals surface area contributed by atoms with Gasteiger partial charge in [-0.15, -0.1) is 0 Å². The Morgan fingerprint density at radius 1 is 1.16 bits per heavy atom. The molecular formula is C16H30N2O. The van der Waals surface area contributed by atoms with E-state index in [0.717, 1.165) is 18.5 Å². The Kier molecular flexibility index (Phi) is 9.02. The van der Waals surface area contributed by atoms with Crippen molar-refractivity contribution in [2.45, 2.75) is 65.3 Å². The van der Waals surface area contributed by atoms with E-state index in [1.165, 1.54) is 25.7 Å². The molecule has 0 aromatic carbocycles. The number of carbonyl (C=O) groups is 1. The molecule has 0 saturated heterocycles. The topological polar surface area (TPSA) is 55.1 Å². The third-order valence-electron chi connectivity index (χ3n) is 3.55. The summed E-state index contributed by atoms with van der Waals surface area (Å²) in [5.41, 5.74) is 6.66. The predicted molar refractivity (Wildman–Crippen MR) is 82.6 cm³/mol. The van der Waals surface area contributed by atoms with E-state index in [1.54, 1.807) is 0 Å². The van der Waals surface area contributed by atoms with E-state index in [4.69, 9.17) is 5.73 Å². The van der Waals surface area contributed by atoms with Gasteiger partial charge in [0.2, 0.25) is 5.91 Å². The van der Waals surface area contributed by atoms with E-state index in [2.05, 4.69) is 32.3 Å². The van der Waals surface area contributed by atoms with E-state index in [9.17, 15) is 4.79 Å². The van der Waals surface area contributed by atoms with Crippen molar-refractivity contribution in [3.63, 3.8) is 0 Å². The van der Waals surface area contributed by atoms with E-state index in [0.29, 0.717) is 11.5 Å². The third kappa shape index (κ3) is 7.04. The second-order valence-corrected chi connectivity index (χ2v) is 5.26. The number of primary amides is 1. The molecule has 0 saturated carbocycles. The summed E-state index contributed by atoms with van der Waals surface area (Å²) in [6, 6.07) is -0.143. The van der Waals surface area contributed by atoms with Crippen LogP contribution in [0.15, 0.2) is 24.4 Å². The van der Waals surface area contributed by atoms with E-state index in [1.807, 2.05) is 6.92 Å². The molecule has 0 bridgehead atoms. The van der Waals surface area contributed by atoms with Gasteiger partial charge < -0.3 is 11.1 Å². The van der Waals surface area contributed by atoms with Crippen LogP contribution >= 0.6 is 0 Å². The summed E-state index contributed by atoms with van der Waals surface area (Å²) >= 11 is 0. The summed E-state index contributed by atoms with van der Waals surface area (Å²) in [5, 5.41) is 3.28. The minimum Gasteiger partial charge on any atom is -0.382 e. The molecule has 0 fully saturated rings. The van der Waals surface area contributed by atoms with Gasteiger partial charge in [0.15, 0.2) is 0 Å². The van der Waals surface area contributed by atoms with Crippen LogP contribution in [0.5, 0.6) is 0 Å². The number of hydrogen-bond donors (Lipinski definition) is 2. The second-order valence-electron chi connectivity index (χ2n) is 5.26. The van der Waals surface area contributed by atoms with Gasteiger partial charge >= 0.3 is 0 Å². The first-order valence-corrected chi connectivity index (χ1v) is 7.37. The Bertz CT molecular complexity index is 302. The first kappa shape index (κ1) is 17.8. The van der Waals surface area contributed by atoms with Crippen LogP contribution < -0.4 is 11.1 Å². The summed E-state index contributed by atoms with van der Waals surface area (Å²) < 4.78 is 0. The zero-order valence-corrected chi connectivity index (χ0v) is 12.8. The third-order valence-corrected chi connectivity index (χ3v) is 3.55. The molecule has 0 spiro atoms. The smallest absolute Gasteiger partial charge is 0.246 e. The average molecular weight is 266 g/mol. The highest BCUT2D eigenvalue weighted by molar-refractivity contribution is 5.92. The van der Waals surface area contributed by atoms with Crippen molar-refractivity contribution < 1.29 is 4.79 Å². The SMILES string of the molecule is C=C(NC(C)C(=C)C(N)=O)C(CCCC)CCCC. The Morgan fingerprint density at radius 2 is 1.63 bits per heavy atom. The molecule has 0 rings (SSSR count). The van der Waals surface area contributed by atoms with Crippen molar-refractivity contribution in [2.75, 3.05) is 0 Å². The highest BCUT2D eigenvalue weighted by Crippen LogP contribution is 2.22. The standard InChI is InChI=1S/C16H30N2O/c1-6-8-10-15(11-9-7-2)14(5)18-13(4)12(3)16(17)19/h13,15,18H,3,5-11H2,1-2,4H3,(H2,17,19). The molecule has 0 aliphatic carbocycles. The largest absolute Gasteiger partial charge is 0.382 e. The monoisotopic (exact) mass is 266 g/mol. The number of allylic oxidation sites excluding steroid dienone is 1. The summed E-state index contributed by atoms with van der Waals surface area (Å²) in [6.45, 7) is 14.1. The molecular weight excluding hydrogens is 236 g/mol. The fourth-order valence-corrected chi connectivity index (χ4v) is 2.09. The van der Waals surface area contributed by atoms with Gasteiger partial charge in [-0.2, -0.15) is 0 Å². The number of nitrogens with two attached hydrogens (primary N) is 1. The molecule has 1 atom stereocenters. The van der Waals surface area contributed by atoms with Gasteiger partial charge in [0.25, 0.3) is 0 Å². The first-order chi connectivity index (χ1) is 8.93. The number of carbonyl (C=O) groups excluding carboxylic acids is 1. The lowest BCUT2D eigenvalue weighted by atomic mass is 9.92. The van der Waals surface area contributed by atoms with E-state index >= 15 is 0 Å². The van der Waals surface area contributed by atoms with Crippen molar-refractivity contribution in [2.24, 2.45) is 11.7 Å². The van der Waals surface area contributed by atoms with Crippen LogP contribution in [0, 0.1) is 5.92 Å². The summed E-state index contributed by atoms with van der Waals surface area (Å²) in [6.07, 6.45) is 7.11.